The zero-order chi connectivity index (χ0) is 14.8. The second-order valence-corrected chi connectivity index (χ2v) is 5.05. The van der Waals surface area contributed by atoms with Gasteiger partial charge in [-0.15, -0.1) is 0 Å². The van der Waals surface area contributed by atoms with Crippen molar-refractivity contribution in [3.05, 3.63) is 40.1 Å². The van der Waals surface area contributed by atoms with Gasteiger partial charge in [-0.25, -0.2) is 0 Å². The molecule has 0 radical (unpaired) electrons. The lowest BCUT2D eigenvalue weighted by Gasteiger charge is -2.00. The van der Waals surface area contributed by atoms with E-state index < -0.39 is 0 Å². The highest BCUT2D eigenvalue weighted by Crippen LogP contribution is 2.33. The van der Waals surface area contributed by atoms with Gasteiger partial charge in [-0.2, -0.15) is 4.98 Å². The van der Waals surface area contributed by atoms with E-state index >= 15 is 0 Å². The van der Waals surface area contributed by atoms with Crippen molar-refractivity contribution in [2.75, 3.05) is 6.54 Å². The summed E-state index contributed by atoms with van der Waals surface area (Å²) >= 11 is 12.2. The van der Waals surface area contributed by atoms with Crippen LogP contribution in [0.25, 0.3) is 23.0 Å². The largest absolute Gasteiger partial charge is 0.361 e. The summed E-state index contributed by atoms with van der Waals surface area (Å²) in [4.78, 5) is 4.25. The van der Waals surface area contributed by atoms with E-state index in [1.165, 1.54) is 0 Å². The van der Waals surface area contributed by atoms with Crippen LogP contribution < -0.4 is 5.73 Å². The molecule has 21 heavy (non-hydrogen) atoms. The number of hydrogen-bond acceptors (Lipinski definition) is 6. The van der Waals surface area contributed by atoms with E-state index in [1.54, 1.807) is 24.3 Å². The highest BCUT2D eigenvalue weighted by atomic mass is 35.5. The number of nitrogens with zero attached hydrogens (tertiary/aromatic N) is 3. The lowest BCUT2D eigenvalue weighted by Crippen LogP contribution is -2.01. The molecular weight excluding hydrogens is 315 g/mol. The fourth-order valence-electron chi connectivity index (χ4n) is 1.81. The number of nitrogens with two attached hydrogens (primary N) is 1. The van der Waals surface area contributed by atoms with Crippen molar-refractivity contribution in [3.63, 3.8) is 0 Å². The van der Waals surface area contributed by atoms with Crippen molar-refractivity contribution >= 4 is 23.2 Å². The first-order valence-corrected chi connectivity index (χ1v) is 6.88. The third-order valence-electron chi connectivity index (χ3n) is 2.78. The molecule has 0 spiro atoms. The number of halogens is 2. The predicted molar refractivity (Wildman–Crippen MR) is 78.0 cm³/mol. The Bertz CT molecular complexity index is 749. The fourth-order valence-corrected chi connectivity index (χ4v) is 2.38. The molecule has 0 saturated carbocycles. The van der Waals surface area contributed by atoms with E-state index in [9.17, 15) is 0 Å². The van der Waals surface area contributed by atoms with Crippen LogP contribution in [0.3, 0.4) is 0 Å². The van der Waals surface area contributed by atoms with Gasteiger partial charge in [-0.3, -0.25) is 0 Å². The molecule has 0 amide bonds. The predicted octanol–water partition coefficient (Wildman–Crippen LogP) is 3.20. The molecule has 2 heterocycles. The average Bonchev–Trinajstić information content (AvgIpc) is 3.08. The molecule has 3 rings (SSSR count). The Labute approximate surface area is 129 Å². The van der Waals surface area contributed by atoms with Crippen LogP contribution in [0.2, 0.25) is 10.0 Å². The molecule has 0 saturated heterocycles. The minimum absolute atomic E-state index is 0.230. The Balaban J connectivity index is 1.96. The molecule has 3 aromatic rings. The van der Waals surface area contributed by atoms with Crippen LogP contribution in [0, 0.1) is 0 Å². The summed E-state index contributed by atoms with van der Waals surface area (Å²) in [7, 11) is 0. The van der Waals surface area contributed by atoms with E-state index in [0.29, 0.717) is 45.9 Å². The summed E-state index contributed by atoms with van der Waals surface area (Å²) in [5, 5.41) is 8.63. The molecule has 8 heteroatoms. The molecule has 2 aromatic heterocycles. The topological polar surface area (TPSA) is 91.0 Å². The maximum absolute atomic E-state index is 6.11. The standard InChI is InChI=1S/C13H10Cl2N4O2/c14-8-2-1-3-9(15)11(8)12-17-13(21-19-12)10-6-7(4-5-16)20-18-10/h1-3,6H,4-5,16H2. The molecule has 0 aliphatic rings. The monoisotopic (exact) mass is 324 g/mol. The quantitative estimate of drug-likeness (QED) is 0.792. The van der Waals surface area contributed by atoms with Crippen LogP contribution >= 0.6 is 23.2 Å². The Morgan fingerprint density at radius 3 is 2.57 bits per heavy atom. The van der Waals surface area contributed by atoms with E-state index in [4.69, 9.17) is 38.0 Å². The van der Waals surface area contributed by atoms with Crippen LogP contribution in [0.4, 0.5) is 0 Å². The number of rotatable bonds is 4. The molecule has 6 nitrogen and oxygen atoms in total. The first kappa shape index (κ1) is 14.1. The second-order valence-electron chi connectivity index (χ2n) is 4.24. The lowest BCUT2D eigenvalue weighted by atomic mass is 10.2. The molecule has 1 aromatic carbocycles. The van der Waals surface area contributed by atoms with Crippen LogP contribution in [-0.4, -0.2) is 21.8 Å². The van der Waals surface area contributed by atoms with Crippen molar-refractivity contribution in [3.8, 4) is 23.0 Å². The van der Waals surface area contributed by atoms with Gasteiger partial charge in [0.15, 0.2) is 5.69 Å². The summed E-state index contributed by atoms with van der Waals surface area (Å²) in [6.45, 7) is 0.471. The van der Waals surface area contributed by atoms with Gasteiger partial charge >= 0.3 is 0 Å². The number of aromatic nitrogens is 3. The van der Waals surface area contributed by atoms with Gasteiger partial charge in [0.1, 0.15) is 5.76 Å². The van der Waals surface area contributed by atoms with Gasteiger partial charge in [-0.1, -0.05) is 39.6 Å². The SMILES string of the molecule is NCCc1cc(-c2nc(-c3c(Cl)cccc3Cl)no2)no1. The zero-order valence-electron chi connectivity index (χ0n) is 10.7. The molecule has 0 unspecified atom stereocenters. The first-order valence-electron chi connectivity index (χ1n) is 6.13. The highest BCUT2D eigenvalue weighted by Gasteiger charge is 2.18. The van der Waals surface area contributed by atoms with Gasteiger partial charge < -0.3 is 14.8 Å². The molecule has 0 aliphatic carbocycles. The van der Waals surface area contributed by atoms with Crippen LogP contribution in [0.15, 0.2) is 33.3 Å². The summed E-state index contributed by atoms with van der Waals surface area (Å²) in [5.41, 5.74) is 6.41. The summed E-state index contributed by atoms with van der Waals surface area (Å²) in [6, 6.07) is 6.85. The average molecular weight is 325 g/mol. The molecule has 0 bridgehead atoms. The van der Waals surface area contributed by atoms with E-state index in [-0.39, 0.29) is 5.89 Å². The molecule has 0 aliphatic heterocycles. The Kier molecular flexibility index (Phi) is 3.92. The van der Waals surface area contributed by atoms with Gasteiger partial charge in [-0.05, 0) is 18.7 Å². The summed E-state index contributed by atoms with van der Waals surface area (Å²) < 4.78 is 10.3. The lowest BCUT2D eigenvalue weighted by molar-refractivity contribution is 0.379. The summed E-state index contributed by atoms with van der Waals surface area (Å²) in [6.07, 6.45) is 0.588. The number of hydrogen-bond donors (Lipinski definition) is 1. The molecule has 0 atom stereocenters. The van der Waals surface area contributed by atoms with Gasteiger partial charge in [0.25, 0.3) is 5.89 Å². The van der Waals surface area contributed by atoms with Gasteiger partial charge in [0, 0.05) is 12.5 Å². The van der Waals surface area contributed by atoms with Crippen molar-refractivity contribution in [1.82, 2.24) is 15.3 Å². The summed E-state index contributed by atoms with van der Waals surface area (Å²) in [5.74, 6) is 1.18. The van der Waals surface area contributed by atoms with E-state index in [1.807, 2.05) is 0 Å². The van der Waals surface area contributed by atoms with Gasteiger partial charge in [0.05, 0.1) is 15.6 Å². The van der Waals surface area contributed by atoms with E-state index in [0.717, 1.165) is 0 Å². The Morgan fingerprint density at radius 1 is 1.10 bits per heavy atom. The molecule has 0 fully saturated rings. The Morgan fingerprint density at radius 2 is 1.86 bits per heavy atom. The zero-order valence-corrected chi connectivity index (χ0v) is 12.2. The van der Waals surface area contributed by atoms with Crippen molar-refractivity contribution in [1.29, 1.82) is 0 Å². The van der Waals surface area contributed by atoms with Crippen LogP contribution in [-0.2, 0) is 6.42 Å². The highest BCUT2D eigenvalue weighted by molar-refractivity contribution is 6.38. The maximum atomic E-state index is 6.11. The second kappa shape index (κ2) is 5.85. The van der Waals surface area contributed by atoms with Crippen molar-refractivity contribution in [2.45, 2.75) is 6.42 Å². The third kappa shape index (κ3) is 2.78. The van der Waals surface area contributed by atoms with E-state index in [2.05, 4.69) is 15.3 Å². The first-order chi connectivity index (χ1) is 10.2. The van der Waals surface area contributed by atoms with Crippen LogP contribution in [0.1, 0.15) is 5.76 Å². The van der Waals surface area contributed by atoms with Crippen LogP contribution in [0.5, 0.6) is 0 Å². The minimum Gasteiger partial charge on any atom is -0.361 e. The molecule has 2 N–H and O–H groups in total. The molecular formula is C13H10Cl2N4O2. The fraction of sp³-hybridized carbons (Fsp3) is 0.154. The maximum Gasteiger partial charge on any atom is 0.280 e. The molecule has 108 valence electrons. The normalized spacial score (nSPS) is 11.0. The van der Waals surface area contributed by atoms with Crippen molar-refractivity contribution in [2.24, 2.45) is 5.73 Å². The number of benzene rings is 1. The smallest absolute Gasteiger partial charge is 0.280 e. The van der Waals surface area contributed by atoms with Crippen molar-refractivity contribution < 1.29 is 9.05 Å². The minimum atomic E-state index is 0.230. The third-order valence-corrected chi connectivity index (χ3v) is 3.41. The Hall–Kier alpha value is -1.89. The van der Waals surface area contributed by atoms with Gasteiger partial charge in [0.2, 0.25) is 5.82 Å².